The molecule has 2 aromatic heterocycles. The van der Waals surface area contributed by atoms with Crippen LogP contribution in [0.1, 0.15) is 11.1 Å². The highest BCUT2D eigenvalue weighted by Crippen LogP contribution is 2.41. The van der Waals surface area contributed by atoms with Gasteiger partial charge in [0, 0.05) is 44.5 Å². The molecule has 0 aliphatic rings. The number of fused-ring (bicyclic) bond motifs is 3. The molecular weight excluding hydrogens is 733 g/mol. The van der Waals surface area contributed by atoms with Crippen LogP contribution in [0.3, 0.4) is 0 Å². The minimum absolute atomic E-state index is 0.408. The largest absolute Gasteiger partial charge is 0.310 e. The Bertz CT molecular complexity index is 3120. The van der Waals surface area contributed by atoms with Gasteiger partial charge in [0.15, 0.2) is 5.82 Å². The number of nitriles is 2. The Labute approximate surface area is 347 Å². The normalized spacial score (nSPS) is 11.0. The van der Waals surface area contributed by atoms with Crippen LogP contribution in [0.5, 0.6) is 0 Å². The monoisotopic (exact) mass is 766 g/mol. The van der Waals surface area contributed by atoms with Gasteiger partial charge in [-0.25, -0.2) is 9.97 Å². The Balaban J connectivity index is 1.07. The molecule has 60 heavy (non-hydrogen) atoms. The van der Waals surface area contributed by atoms with Gasteiger partial charge in [-0.3, -0.25) is 0 Å². The second-order valence-electron chi connectivity index (χ2n) is 14.5. The molecule has 0 atom stereocenters. The maximum absolute atomic E-state index is 10.8. The van der Waals surface area contributed by atoms with Crippen molar-refractivity contribution in [1.82, 2.24) is 14.5 Å². The topological polar surface area (TPSA) is 81.5 Å². The summed E-state index contributed by atoms with van der Waals surface area (Å²) in [5.41, 5.74) is 12.4. The molecule has 10 rings (SSSR count). The highest BCUT2D eigenvalue weighted by molar-refractivity contribution is 6.11. The number of nitrogens with zero attached hydrogens (tertiary/aromatic N) is 6. The summed E-state index contributed by atoms with van der Waals surface area (Å²) in [5.74, 6) is 0.648. The van der Waals surface area contributed by atoms with Crippen molar-refractivity contribution in [3.8, 4) is 62.9 Å². The van der Waals surface area contributed by atoms with Crippen molar-refractivity contribution in [1.29, 1.82) is 10.5 Å². The average molecular weight is 767 g/mol. The molecule has 2 heterocycles. The molecule has 6 heteroatoms. The Morgan fingerprint density at radius 2 is 0.867 bits per heavy atom. The average Bonchev–Trinajstić information content (AvgIpc) is 3.65. The molecule has 280 valence electrons. The van der Waals surface area contributed by atoms with Gasteiger partial charge in [-0.15, -0.1) is 0 Å². The standard InChI is InChI=1S/C54H34N6/c55-35-42-31-41(37-25-27-39(28-26-37)50-34-49(38-15-5-1-6-16-38)57-54(58-50)40-17-7-2-8-18-40)32-43(36-56)53(42)60-51-24-14-13-23-47(51)48-33-46(29-30-52(48)60)59(44-19-9-3-10-20-44)45-21-11-4-12-22-45/h1-34H. The van der Waals surface area contributed by atoms with E-state index in [1.54, 1.807) is 0 Å². The highest BCUT2D eigenvalue weighted by atomic mass is 15.1. The first-order chi connectivity index (χ1) is 29.7. The van der Waals surface area contributed by atoms with E-state index < -0.39 is 0 Å². The number of hydrogen-bond donors (Lipinski definition) is 0. The fourth-order valence-corrected chi connectivity index (χ4v) is 8.06. The van der Waals surface area contributed by atoms with Crippen LogP contribution >= 0.6 is 0 Å². The number of para-hydroxylation sites is 3. The van der Waals surface area contributed by atoms with Gasteiger partial charge in [0.2, 0.25) is 0 Å². The van der Waals surface area contributed by atoms with Gasteiger partial charge < -0.3 is 9.47 Å². The van der Waals surface area contributed by atoms with E-state index in [0.29, 0.717) is 22.6 Å². The number of aromatic nitrogens is 3. The van der Waals surface area contributed by atoms with Crippen molar-refractivity contribution in [3.63, 3.8) is 0 Å². The molecule has 0 N–H and O–H groups in total. The molecule has 6 nitrogen and oxygen atoms in total. The minimum atomic E-state index is 0.408. The fraction of sp³-hybridized carbons (Fsp3) is 0. The lowest BCUT2D eigenvalue weighted by Gasteiger charge is -2.25. The first-order valence-corrected chi connectivity index (χ1v) is 19.7. The van der Waals surface area contributed by atoms with Crippen molar-refractivity contribution in [2.24, 2.45) is 0 Å². The van der Waals surface area contributed by atoms with Gasteiger partial charge in [0.25, 0.3) is 0 Å². The zero-order valence-electron chi connectivity index (χ0n) is 32.3. The summed E-state index contributed by atoms with van der Waals surface area (Å²) in [4.78, 5) is 12.2. The predicted octanol–water partition coefficient (Wildman–Crippen LogP) is 13.5. The Hall–Kier alpha value is -8.58. The van der Waals surface area contributed by atoms with E-state index in [1.165, 1.54) is 0 Å². The Morgan fingerprint density at radius 1 is 0.383 bits per heavy atom. The van der Waals surface area contributed by atoms with Crippen LogP contribution in [0, 0.1) is 22.7 Å². The van der Waals surface area contributed by atoms with Crippen molar-refractivity contribution >= 4 is 38.9 Å². The summed E-state index contributed by atoms with van der Waals surface area (Å²) in [5, 5.41) is 23.6. The third-order valence-corrected chi connectivity index (χ3v) is 10.9. The molecule has 8 aromatic carbocycles. The van der Waals surface area contributed by atoms with Crippen LogP contribution in [0.15, 0.2) is 206 Å². The smallest absolute Gasteiger partial charge is 0.160 e. The van der Waals surface area contributed by atoms with Gasteiger partial charge in [0.05, 0.1) is 39.2 Å². The molecule has 10 aromatic rings. The SMILES string of the molecule is N#Cc1cc(-c2ccc(-c3cc(-c4ccccc4)nc(-c4ccccc4)n3)cc2)cc(C#N)c1-n1c2ccccc2c2cc(N(c3ccccc3)c3ccccc3)ccc21. The lowest BCUT2D eigenvalue weighted by atomic mass is 9.96. The van der Waals surface area contributed by atoms with Gasteiger partial charge >= 0.3 is 0 Å². The van der Waals surface area contributed by atoms with E-state index in [-0.39, 0.29) is 0 Å². The highest BCUT2D eigenvalue weighted by Gasteiger charge is 2.22. The van der Waals surface area contributed by atoms with Crippen LogP contribution in [-0.2, 0) is 0 Å². The van der Waals surface area contributed by atoms with Crippen LogP contribution in [0.2, 0.25) is 0 Å². The van der Waals surface area contributed by atoms with Crippen molar-refractivity contribution < 1.29 is 0 Å². The van der Waals surface area contributed by atoms with Gasteiger partial charge in [-0.05, 0) is 77.9 Å². The van der Waals surface area contributed by atoms with E-state index in [0.717, 1.165) is 78.1 Å². The predicted molar refractivity (Wildman–Crippen MR) is 242 cm³/mol. The molecule has 0 spiro atoms. The maximum atomic E-state index is 10.8. The lowest BCUT2D eigenvalue weighted by molar-refractivity contribution is 1.15. The van der Waals surface area contributed by atoms with Gasteiger partial charge in [-0.1, -0.05) is 140 Å². The first kappa shape index (κ1) is 35.8. The molecule has 0 aliphatic carbocycles. The Morgan fingerprint density at radius 3 is 1.45 bits per heavy atom. The van der Waals surface area contributed by atoms with E-state index in [4.69, 9.17) is 9.97 Å². The lowest BCUT2D eigenvalue weighted by Crippen LogP contribution is -2.09. The summed E-state index contributed by atoms with van der Waals surface area (Å²) >= 11 is 0. The van der Waals surface area contributed by atoms with Crippen LogP contribution in [0.4, 0.5) is 17.1 Å². The van der Waals surface area contributed by atoms with Crippen molar-refractivity contribution in [3.05, 3.63) is 217 Å². The molecule has 0 fully saturated rings. The summed E-state index contributed by atoms with van der Waals surface area (Å²) in [7, 11) is 0. The molecule has 0 amide bonds. The van der Waals surface area contributed by atoms with Crippen LogP contribution in [-0.4, -0.2) is 14.5 Å². The molecule has 0 aliphatic heterocycles. The zero-order chi connectivity index (χ0) is 40.4. The molecular formula is C54H34N6. The number of benzene rings is 8. The number of rotatable bonds is 8. The van der Waals surface area contributed by atoms with E-state index in [2.05, 4.69) is 88.3 Å². The molecule has 0 bridgehead atoms. The van der Waals surface area contributed by atoms with E-state index >= 15 is 0 Å². The number of hydrogen-bond acceptors (Lipinski definition) is 5. The second kappa shape index (κ2) is 15.4. The van der Waals surface area contributed by atoms with Crippen LogP contribution in [0.25, 0.3) is 72.5 Å². The molecule has 0 saturated carbocycles. The quantitative estimate of drug-likeness (QED) is 0.154. The zero-order valence-corrected chi connectivity index (χ0v) is 32.3. The van der Waals surface area contributed by atoms with E-state index in [9.17, 15) is 10.5 Å². The maximum Gasteiger partial charge on any atom is 0.160 e. The summed E-state index contributed by atoms with van der Waals surface area (Å²) in [6.45, 7) is 0. The summed E-state index contributed by atoms with van der Waals surface area (Å²) < 4.78 is 2.07. The third kappa shape index (κ3) is 6.51. The molecule has 0 unspecified atom stereocenters. The van der Waals surface area contributed by atoms with Crippen molar-refractivity contribution in [2.45, 2.75) is 0 Å². The third-order valence-electron chi connectivity index (χ3n) is 10.9. The summed E-state index contributed by atoms with van der Waals surface area (Å²) in [6.07, 6.45) is 0. The summed E-state index contributed by atoms with van der Waals surface area (Å²) in [6, 6.07) is 74.1. The van der Waals surface area contributed by atoms with E-state index in [1.807, 2.05) is 140 Å². The Kier molecular flexibility index (Phi) is 9.19. The molecule has 0 radical (unpaired) electrons. The van der Waals surface area contributed by atoms with Crippen LogP contribution < -0.4 is 4.90 Å². The first-order valence-electron chi connectivity index (χ1n) is 19.7. The minimum Gasteiger partial charge on any atom is -0.310 e. The second-order valence-corrected chi connectivity index (χ2v) is 14.5. The molecule has 0 saturated heterocycles. The number of anilines is 3. The fourth-order valence-electron chi connectivity index (χ4n) is 8.06. The van der Waals surface area contributed by atoms with Gasteiger partial charge in [0.1, 0.15) is 12.1 Å². The van der Waals surface area contributed by atoms with Gasteiger partial charge in [-0.2, -0.15) is 10.5 Å². The van der Waals surface area contributed by atoms with Crippen molar-refractivity contribution in [2.75, 3.05) is 4.90 Å².